The fraction of sp³-hybridized carbons (Fsp3) is 0.333. The van der Waals surface area contributed by atoms with Crippen molar-refractivity contribution in [3.8, 4) is 0 Å². The van der Waals surface area contributed by atoms with Crippen molar-refractivity contribution in [2.45, 2.75) is 32.9 Å². The number of aromatic nitrogens is 2. The molecule has 0 bridgehead atoms. The number of anilines is 2. The van der Waals surface area contributed by atoms with Gasteiger partial charge in [0, 0.05) is 17.6 Å². The normalized spacial score (nSPS) is 11.8. The Bertz CT molecular complexity index is 678. The van der Waals surface area contributed by atoms with Crippen LogP contribution in [0.3, 0.4) is 0 Å². The number of benzene rings is 1. The summed E-state index contributed by atoms with van der Waals surface area (Å²) in [5.41, 5.74) is 0.792. The van der Waals surface area contributed by atoms with Crippen molar-refractivity contribution in [2.24, 2.45) is 0 Å². The molecular weight excluding hydrogens is 318 g/mol. The van der Waals surface area contributed by atoms with Crippen LogP contribution in [0.1, 0.15) is 25.8 Å². The molecule has 1 unspecified atom stereocenters. The maximum Gasteiger partial charge on any atom is 0.353 e. The van der Waals surface area contributed by atoms with Crippen LogP contribution in [-0.2, 0) is 6.54 Å². The van der Waals surface area contributed by atoms with Crippen LogP contribution >= 0.6 is 11.6 Å². The van der Waals surface area contributed by atoms with Crippen LogP contribution in [0.15, 0.2) is 30.6 Å². The van der Waals surface area contributed by atoms with E-state index in [0.29, 0.717) is 11.6 Å². The molecule has 0 amide bonds. The maximum absolute atomic E-state index is 11.4. The van der Waals surface area contributed by atoms with Crippen molar-refractivity contribution in [1.82, 2.24) is 9.97 Å². The van der Waals surface area contributed by atoms with E-state index >= 15 is 0 Å². The monoisotopic (exact) mass is 335 g/mol. The lowest BCUT2D eigenvalue weighted by Gasteiger charge is -2.13. The molecule has 2 aromatic rings. The van der Waals surface area contributed by atoms with E-state index in [9.17, 15) is 10.1 Å². The first-order valence-electron chi connectivity index (χ1n) is 7.25. The van der Waals surface area contributed by atoms with Crippen molar-refractivity contribution in [3.63, 3.8) is 0 Å². The molecule has 0 spiro atoms. The quantitative estimate of drug-likeness (QED) is 0.589. The van der Waals surface area contributed by atoms with E-state index in [-0.39, 0.29) is 23.4 Å². The molecule has 0 fully saturated rings. The number of hydrogen-bond acceptors (Lipinski definition) is 6. The molecule has 0 saturated heterocycles. The minimum atomic E-state index is -0.477. The van der Waals surface area contributed by atoms with E-state index in [1.807, 2.05) is 26.0 Å². The molecular formula is C15H18ClN5O2. The van der Waals surface area contributed by atoms with Crippen molar-refractivity contribution >= 4 is 28.9 Å². The standard InChI is InChI=1S/C15H18ClN5O2/c1-3-10(2)20-15-13(21(22)23)14(18-9-19-15)17-8-11-4-6-12(16)7-5-11/h4-7,9-10H,3,8H2,1-2H3,(H2,17,18,19,20). The topological polar surface area (TPSA) is 93.0 Å². The number of nitrogens with zero attached hydrogens (tertiary/aromatic N) is 3. The Kier molecular flexibility index (Phi) is 5.70. The Morgan fingerprint density at radius 2 is 1.91 bits per heavy atom. The predicted molar refractivity (Wildman–Crippen MR) is 90.8 cm³/mol. The predicted octanol–water partition coefficient (Wildman–Crippen LogP) is 3.86. The molecule has 0 radical (unpaired) electrons. The van der Waals surface area contributed by atoms with E-state index in [1.54, 1.807) is 12.1 Å². The largest absolute Gasteiger partial charge is 0.362 e. The summed E-state index contributed by atoms with van der Waals surface area (Å²) < 4.78 is 0. The number of hydrogen-bond donors (Lipinski definition) is 2. The fourth-order valence-corrected chi connectivity index (χ4v) is 2.04. The third-order valence-electron chi connectivity index (χ3n) is 3.37. The highest BCUT2D eigenvalue weighted by molar-refractivity contribution is 6.30. The minimum Gasteiger partial charge on any atom is -0.362 e. The second-order valence-corrected chi connectivity index (χ2v) is 5.55. The van der Waals surface area contributed by atoms with Crippen LogP contribution in [-0.4, -0.2) is 20.9 Å². The van der Waals surface area contributed by atoms with Gasteiger partial charge in [-0.25, -0.2) is 9.97 Å². The number of rotatable bonds is 7. The van der Waals surface area contributed by atoms with Crippen LogP contribution in [0.2, 0.25) is 5.02 Å². The van der Waals surface area contributed by atoms with Gasteiger partial charge in [-0.1, -0.05) is 30.7 Å². The smallest absolute Gasteiger partial charge is 0.353 e. The minimum absolute atomic E-state index is 0.0766. The molecule has 1 atom stereocenters. The van der Waals surface area contributed by atoms with Gasteiger partial charge in [0.15, 0.2) is 0 Å². The van der Waals surface area contributed by atoms with Crippen LogP contribution in [0.5, 0.6) is 0 Å². The number of nitro groups is 1. The van der Waals surface area contributed by atoms with E-state index in [2.05, 4.69) is 20.6 Å². The first-order chi connectivity index (χ1) is 11.0. The van der Waals surface area contributed by atoms with Gasteiger partial charge in [0.25, 0.3) is 0 Å². The summed E-state index contributed by atoms with van der Waals surface area (Å²) in [7, 11) is 0. The Labute approximate surface area is 139 Å². The maximum atomic E-state index is 11.4. The second-order valence-electron chi connectivity index (χ2n) is 5.11. The Morgan fingerprint density at radius 1 is 1.26 bits per heavy atom. The van der Waals surface area contributed by atoms with Gasteiger partial charge in [-0.3, -0.25) is 10.1 Å². The average Bonchev–Trinajstić information content (AvgIpc) is 2.54. The zero-order valence-corrected chi connectivity index (χ0v) is 13.7. The number of halogens is 1. The van der Waals surface area contributed by atoms with Crippen molar-refractivity contribution in [3.05, 3.63) is 51.3 Å². The molecule has 0 aliphatic carbocycles. The van der Waals surface area contributed by atoms with Gasteiger partial charge in [0.05, 0.1) is 4.92 Å². The molecule has 7 nitrogen and oxygen atoms in total. The third-order valence-corrected chi connectivity index (χ3v) is 3.63. The summed E-state index contributed by atoms with van der Waals surface area (Å²) in [6.07, 6.45) is 2.14. The molecule has 2 rings (SSSR count). The molecule has 0 saturated carbocycles. The van der Waals surface area contributed by atoms with Crippen LogP contribution in [0.4, 0.5) is 17.3 Å². The third kappa shape index (κ3) is 4.53. The molecule has 8 heteroatoms. The molecule has 1 aromatic carbocycles. The van der Waals surface area contributed by atoms with Crippen LogP contribution in [0.25, 0.3) is 0 Å². The Balaban J connectivity index is 2.21. The zero-order valence-electron chi connectivity index (χ0n) is 12.9. The van der Waals surface area contributed by atoms with Gasteiger partial charge in [0.1, 0.15) is 6.33 Å². The van der Waals surface area contributed by atoms with Gasteiger partial charge in [-0.05, 0) is 31.0 Å². The molecule has 2 N–H and O–H groups in total. The summed E-state index contributed by atoms with van der Waals surface area (Å²) in [5, 5.41) is 18.1. The highest BCUT2D eigenvalue weighted by atomic mass is 35.5. The molecule has 0 aliphatic rings. The second kappa shape index (κ2) is 7.73. The summed E-state index contributed by atoms with van der Waals surface area (Å²) >= 11 is 5.84. The van der Waals surface area contributed by atoms with Crippen molar-refractivity contribution in [2.75, 3.05) is 10.6 Å². The van der Waals surface area contributed by atoms with Crippen molar-refractivity contribution in [1.29, 1.82) is 0 Å². The summed E-state index contributed by atoms with van der Waals surface area (Å²) in [4.78, 5) is 18.9. The van der Waals surface area contributed by atoms with Gasteiger partial charge in [-0.15, -0.1) is 0 Å². The van der Waals surface area contributed by atoms with Crippen LogP contribution < -0.4 is 10.6 Å². The van der Waals surface area contributed by atoms with Crippen LogP contribution in [0, 0.1) is 10.1 Å². The van der Waals surface area contributed by atoms with Crippen molar-refractivity contribution < 1.29 is 4.92 Å². The van der Waals surface area contributed by atoms with E-state index < -0.39 is 4.92 Å². The first kappa shape index (κ1) is 17.0. The zero-order chi connectivity index (χ0) is 16.8. The lowest BCUT2D eigenvalue weighted by atomic mass is 10.2. The molecule has 0 aliphatic heterocycles. The van der Waals surface area contributed by atoms with Gasteiger partial charge in [0.2, 0.25) is 11.6 Å². The lowest BCUT2D eigenvalue weighted by molar-refractivity contribution is -0.383. The summed E-state index contributed by atoms with van der Waals surface area (Å²) in [6.45, 7) is 4.33. The SMILES string of the molecule is CCC(C)Nc1ncnc(NCc2ccc(Cl)cc2)c1[N+](=O)[O-]. The first-order valence-corrected chi connectivity index (χ1v) is 7.63. The number of nitrogens with one attached hydrogen (secondary N) is 2. The summed E-state index contributed by atoms with van der Waals surface area (Å²) in [6, 6.07) is 7.31. The van der Waals surface area contributed by atoms with Gasteiger partial charge < -0.3 is 10.6 Å². The fourth-order valence-electron chi connectivity index (χ4n) is 1.91. The Morgan fingerprint density at radius 3 is 2.52 bits per heavy atom. The van der Waals surface area contributed by atoms with E-state index in [4.69, 9.17) is 11.6 Å². The molecule has 23 heavy (non-hydrogen) atoms. The highest BCUT2D eigenvalue weighted by Gasteiger charge is 2.23. The Hall–Kier alpha value is -2.41. The molecule has 122 valence electrons. The van der Waals surface area contributed by atoms with Gasteiger partial charge >= 0.3 is 5.69 Å². The highest BCUT2D eigenvalue weighted by Crippen LogP contribution is 2.29. The van der Waals surface area contributed by atoms with Gasteiger partial charge in [-0.2, -0.15) is 0 Å². The van der Waals surface area contributed by atoms with E-state index in [1.165, 1.54) is 6.33 Å². The molecule has 1 aromatic heterocycles. The average molecular weight is 336 g/mol. The van der Waals surface area contributed by atoms with E-state index in [0.717, 1.165) is 12.0 Å². The lowest BCUT2D eigenvalue weighted by Crippen LogP contribution is -2.17. The summed E-state index contributed by atoms with van der Waals surface area (Å²) in [5.74, 6) is 0.406. The molecule has 1 heterocycles.